The number of phosphoric acid groups is 3. The highest BCUT2D eigenvalue weighted by atomic mass is 32.1. The molecular formula is C43H50N8O14P3S+. The van der Waals surface area contributed by atoms with E-state index in [-0.39, 0.29) is 42.7 Å². The second kappa shape index (κ2) is 20.9. The molecule has 366 valence electrons. The maximum atomic E-state index is 14.2. The molecule has 7 rings (SSSR count). The first-order valence-electron chi connectivity index (χ1n) is 21.0. The molecule has 0 radical (unpaired) electrons. The Bertz CT molecular complexity index is 3200. The summed E-state index contributed by atoms with van der Waals surface area (Å²) >= 11 is 1.71. The van der Waals surface area contributed by atoms with Crippen LogP contribution >= 0.6 is 34.8 Å². The van der Waals surface area contributed by atoms with Crippen LogP contribution in [0.5, 0.6) is 0 Å². The van der Waals surface area contributed by atoms with Crippen molar-refractivity contribution in [2.45, 2.75) is 37.7 Å². The van der Waals surface area contributed by atoms with Crippen LogP contribution in [0.2, 0.25) is 0 Å². The summed E-state index contributed by atoms with van der Waals surface area (Å²) in [5, 5.41) is 15.9. The highest BCUT2D eigenvalue weighted by Crippen LogP contribution is 2.66. The number of aliphatic hydroxyl groups is 1. The SMILES string of the molecule is CN(CCCC(=O)NCC#Cc1cn([C@H]2C[C@H](O)[C@@H](COP(=O)(O)OP(=O)(O)OP(=O)(O)O)O2)c2ncnc(N)c12)C(=O)c1ccccc1-c1c2ccc(=[N+](C)C)cc-2sc2cc(N(C)C)ccc12. The maximum absolute atomic E-state index is 14.2. The Balaban J connectivity index is 0.977. The number of nitrogens with two attached hydrogens (primary N) is 1. The van der Waals surface area contributed by atoms with E-state index in [1.165, 1.54) is 17.1 Å². The standard InChI is InChI=1S/C43H49N8O14P3S/c1-48(2)27-14-16-31-35(20-27)69-36-21-28(49(3)4)15-17-32(36)40(31)29-11-6-7-12-30(29)43(54)50(5)19-9-13-37(53)45-18-8-10-26-23-51(42-39(26)41(44)46-25-47-42)38-22-33(52)34(63-38)24-62-67(58,59)65-68(60,61)64-66(55,56)57/h6-7,11-12,14-17,20-21,23,25,33-34,38,52H,9,13,18-19,22,24H2,1-5H3,(H6-,44,45,46,47,53,55,56,57,58,59,60,61)/p+1/t33-,34+,38+/m0/s1. The van der Waals surface area contributed by atoms with E-state index in [2.05, 4.69) is 86.1 Å². The third-order valence-electron chi connectivity index (χ3n) is 11.0. The normalized spacial score (nSPS) is 17.8. The zero-order valence-electron chi connectivity index (χ0n) is 37.8. The minimum Gasteiger partial charge on any atom is -0.390 e. The monoisotopic (exact) mass is 1030 g/mol. The van der Waals surface area contributed by atoms with Crippen LogP contribution in [-0.2, 0) is 36.4 Å². The first-order chi connectivity index (χ1) is 32.5. The van der Waals surface area contributed by atoms with Gasteiger partial charge in [0.1, 0.15) is 44.2 Å². The van der Waals surface area contributed by atoms with Gasteiger partial charge in [-0.3, -0.25) is 14.1 Å². The third-order valence-corrected chi connectivity index (χ3v) is 15.9. The lowest BCUT2D eigenvalue weighted by Crippen LogP contribution is -2.30. The predicted octanol–water partition coefficient (Wildman–Crippen LogP) is 4.11. The number of nitrogen functional groups attached to an aromatic ring is 1. The van der Waals surface area contributed by atoms with E-state index in [1.54, 1.807) is 23.3 Å². The number of ether oxygens (including phenoxy) is 1. The molecule has 0 bridgehead atoms. The summed E-state index contributed by atoms with van der Waals surface area (Å²) < 4.78 is 57.4. The van der Waals surface area contributed by atoms with Gasteiger partial charge in [-0.25, -0.2) is 28.2 Å². The van der Waals surface area contributed by atoms with Gasteiger partial charge in [0.05, 0.1) is 30.2 Å². The number of rotatable bonds is 16. The molecule has 2 aromatic carbocycles. The number of fused-ring (bicyclic) bond motifs is 3. The van der Waals surface area contributed by atoms with Gasteiger partial charge in [-0.15, -0.1) is 11.3 Å². The van der Waals surface area contributed by atoms with E-state index >= 15 is 0 Å². The molecule has 2 aromatic heterocycles. The fourth-order valence-corrected chi connectivity index (χ4v) is 11.9. The molecule has 22 nitrogen and oxygen atoms in total. The van der Waals surface area contributed by atoms with Gasteiger partial charge in [0, 0.05) is 90.6 Å². The van der Waals surface area contributed by atoms with Crippen molar-refractivity contribution in [3.63, 3.8) is 0 Å². The molecule has 4 aromatic rings. The molecule has 0 saturated carbocycles. The molecule has 2 unspecified atom stereocenters. The Morgan fingerprint density at radius 1 is 1.00 bits per heavy atom. The summed E-state index contributed by atoms with van der Waals surface area (Å²) in [6, 6.07) is 20.3. The van der Waals surface area contributed by atoms with Crippen molar-refractivity contribution >= 4 is 79.2 Å². The van der Waals surface area contributed by atoms with Gasteiger partial charge < -0.3 is 54.8 Å². The molecule has 3 aliphatic rings. The summed E-state index contributed by atoms with van der Waals surface area (Å²) in [7, 11) is -7.09. The number of anilines is 2. The molecule has 2 amide bonds. The Morgan fingerprint density at radius 3 is 2.48 bits per heavy atom. The van der Waals surface area contributed by atoms with Crippen molar-refractivity contribution in [2.75, 3.05) is 65.6 Å². The molecule has 8 N–H and O–H groups in total. The summed E-state index contributed by atoms with van der Waals surface area (Å²) in [6.45, 7) is -0.613. The van der Waals surface area contributed by atoms with E-state index in [9.17, 15) is 38.2 Å². The van der Waals surface area contributed by atoms with Crippen molar-refractivity contribution in [1.82, 2.24) is 29.3 Å². The molecule has 1 saturated heterocycles. The van der Waals surface area contributed by atoms with Gasteiger partial charge in [-0.2, -0.15) is 8.62 Å². The van der Waals surface area contributed by atoms with Gasteiger partial charge in [0.2, 0.25) is 11.3 Å². The highest BCUT2D eigenvalue weighted by Gasteiger charge is 2.43. The van der Waals surface area contributed by atoms with Gasteiger partial charge in [-0.05, 0) is 41.8 Å². The number of carbonyl (C=O) groups is 2. The van der Waals surface area contributed by atoms with Crippen LogP contribution in [0.1, 0.15) is 41.4 Å². The van der Waals surface area contributed by atoms with Crippen LogP contribution in [0.3, 0.4) is 0 Å². The molecule has 1 aliphatic carbocycles. The largest absolute Gasteiger partial charge is 0.490 e. The van der Waals surface area contributed by atoms with Crippen molar-refractivity contribution in [2.24, 2.45) is 0 Å². The molecule has 2 aliphatic heterocycles. The minimum absolute atomic E-state index is 0.0471. The second-order valence-electron chi connectivity index (χ2n) is 16.3. The lowest BCUT2D eigenvalue weighted by atomic mass is 9.91. The number of carbonyl (C=O) groups excluding carboxylic acids is 2. The molecule has 4 heterocycles. The Labute approximate surface area is 399 Å². The van der Waals surface area contributed by atoms with Crippen LogP contribution in [0.25, 0.3) is 42.7 Å². The Kier molecular flexibility index (Phi) is 15.6. The van der Waals surface area contributed by atoms with Crippen LogP contribution < -0.4 is 25.9 Å². The fraction of sp³-hybridized carbons (Fsp3) is 0.326. The van der Waals surface area contributed by atoms with Gasteiger partial charge in [0.25, 0.3) is 5.91 Å². The number of amides is 2. The van der Waals surface area contributed by atoms with Gasteiger partial charge >= 0.3 is 23.5 Å². The summed E-state index contributed by atoms with van der Waals surface area (Å²) in [5.41, 5.74) is 11.2. The van der Waals surface area contributed by atoms with Gasteiger partial charge in [-0.1, -0.05) is 36.1 Å². The second-order valence-corrected chi connectivity index (χ2v) is 21.8. The van der Waals surface area contributed by atoms with E-state index in [0.717, 1.165) is 42.7 Å². The topological polar surface area (TPSA) is 302 Å². The molecular weight excluding hydrogens is 978 g/mol. The zero-order valence-corrected chi connectivity index (χ0v) is 41.3. The average Bonchev–Trinajstić information content (AvgIpc) is 3.84. The number of nitrogens with zero attached hydrogens (tertiary/aromatic N) is 6. The van der Waals surface area contributed by atoms with E-state index in [0.29, 0.717) is 29.5 Å². The van der Waals surface area contributed by atoms with Crippen LogP contribution in [0.15, 0.2) is 73.2 Å². The predicted molar refractivity (Wildman–Crippen MR) is 258 cm³/mol. The first-order valence-corrected chi connectivity index (χ1v) is 26.4. The molecule has 1 fully saturated rings. The van der Waals surface area contributed by atoms with E-state index in [1.807, 2.05) is 52.5 Å². The average molecular weight is 1030 g/mol. The van der Waals surface area contributed by atoms with E-state index in [4.69, 9.17) is 20.3 Å². The number of nitrogens with one attached hydrogen (secondary N) is 1. The van der Waals surface area contributed by atoms with Crippen LogP contribution in [0, 0.1) is 11.8 Å². The van der Waals surface area contributed by atoms with Crippen molar-refractivity contribution in [3.05, 3.63) is 89.7 Å². The number of benzene rings is 3. The van der Waals surface area contributed by atoms with Crippen molar-refractivity contribution in [1.29, 1.82) is 0 Å². The molecule has 0 spiro atoms. The lowest BCUT2D eigenvalue weighted by Gasteiger charge is -2.22. The number of hydrogen-bond donors (Lipinski definition) is 7. The fourth-order valence-electron chi connectivity index (χ4n) is 7.69. The highest BCUT2D eigenvalue weighted by molar-refractivity contribution is 7.66. The summed E-state index contributed by atoms with van der Waals surface area (Å²) in [4.78, 5) is 77.0. The van der Waals surface area contributed by atoms with Crippen LogP contribution in [0.4, 0.5) is 11.5 Å². The Morgan fingerprint density at radius 2 is 1.75 bits per heavy atom. The minimum atomic E-state index is -5.75. The zero-order chi connectivity index (χ0) is 50.0. The first kappa shape index (κ1) is 51.5. The maximum Gasteiger partial charge on any atom is 0.490 e. The number of aromatic nitrogens is 3. The number of phosphoric ester groups is 1. The quantitative estimate of drug-likeness (QED) is 0.0311. The molecule has 5 atom stereocenters. The van der Waals surface area contributed by atoms with Crippen molar-refractivity contribution in [3.8, 4) is 33.4 Å². The number of hydrogen-bond acceptors (Lipinski definition) is 15. The lowest BCUT2D eigenvalue weighted by molar-refractivity contribution is -0.121. The number of aliphatic hydroxyl groups excluding tert-OH is 1. The Hall–Kier alpha value is -5.40. The van der Waals surface area contributed by atoms with Crippen LogP contribution in [-0.4, -0.2) is 123 Å². The van der Waals surface area contributed by atoms with Gasteiger partial charge in [0.15, 0.2) is 0 Å². The summed E-state index contributed by atoms with van der Waals surface area (Å²) in [5.74, 6) is 5.43. The third kappa shape index (κ3) is 12.3. The van der Waals surface area contributed by atoms with E-state index < -0.39 is 48.5 Å². The molecule has 26 heteroatoms. The smallest absolute Gasteiger partial charge is 0.390 e. The summed E-state index contributed by atoms with van der Waals surface area (Å²) in [6.07, 6.45) is -0.477. The van der Waals surface area contributed by atoms with Crippen molar-refractivity contribution < 1.29 is 65.8 Å². The molecule has 69 heavy (non-hydrogen) atoms.